The van der Waals surface area contributed by atoms with Gasteiger partial charge < -0.3 is 14.6 Å². The number of fused-ring (bicyclic) bond motifs is 1. The van der Waals surface area contributed by atoms with Crippen LogP contribution in [0.25, 0.3) is 0 Å². The van der Waals surface area contributed by atoms with Crippen molar-refractivity contribution in [2.45, 2.75) is 18.8 Å². The molecule has 1 unspecified atom stereocenters. The summed E-state index contributed by atoms with van der Waals surface area (Å²) in [6.45, 7) is 0.231. The molecule has 0 spiro atoms. The predicted molar refractivity (Wildman–Crippen MR) is 123 cm³/mol. The van der Waals surface area contributed by atoms with Gasteiger partial charge >= 0.3 is 5.97 Å². The molecule has 1 heterocycles. The molecule has 164 valence electrons. The SMILES string of the molecule is O=C(Cc1ccc(Cl)cc1)c1ccc(Oc2c(Cl)cc3c(c2Cl)OCCC3C(=O)O)cc1. The van der Waals surface area contributed by atoms with E-state index < -0.39 is 11.9 Å². The summed E-state index contributed by atoms with van der Waals surface area (Å²) in [5, 5.41) is 10.3. The van der Waals surface area contributed by atoms with Crippen molar-refractivity contribution in [3.63, 3.8) is 0 Å². The van der Waals surface area contributed by atoms with Crippen LogP contribution in [-0.2, 0) is 11.2 Å². The zero-order valence-electron chi connectivity index (χ0n) is 16.6. The predicted octanol–water partition coefficient (Wildman–Crippen LogP) is 6.82. The third kappa shape index (κ3) is 4.70. The molecule has 0 radical (unpaired) electrons. The Hall–Kier alpha value is -2.73. The van der Waals surface area contributed by atoms with Crippen LogP contribution in [0.5, 0.6) is 17.2 Å². The highest BCUT2D eigenvalue weighted by Crippen LogP contribution is 2.48. The number of rotatable bonds is 6. The molecular weight excluding hydrogens is 475 g/mol. The second kappa shape index (κ2) is 9.41. The molecule has 3 aromatic rings. The monoisotopic (exact) mass is 490 g/mol. The standard InChI is InChI=1S/C24H17Cl3O5/c25-15-5-1-13(2-6-15)11-20(28)14-3-7-16(8-4-14)32-23-19(26)12-18-17(24(29)30)9-10-31-22(18)21(23)27/h1-8,12,17H,9-11H2,(H,29,30). The fourth-order valence-corrected chi connectivity index (χ4v) is 4.24. The van der Waals surface area contributed by atoms with Crippen LogP contribution in [0, 0.1) is 0 Å². The minimum Gasteiger partial charge on any atom is -0.492 e. The normalized spacial score (nSPS) is 14.9. The van der Waals surface area contributed by atoms with Crippen LogP contribution in [0.2, 0.25) is 15.1 Å². The van der Waals surface area contributed by atoms with Crippen LogP contribution in [0.4, 0.5) is 0 Å². The molecule has 0 amide bonds. The van der Waals surface area contributed by atoms with E-state index in [4.69, 9.17) is 44.3 Å². The lowest BCUT2D eigenvalue weighted by molar-refractivity contribution is -0.139. The summed E-state index contributed by atoms with van der Waals surface area (Å²) in [4.78, 5) is 24.1. The number of carboxylic acid groups (broad SMARTS) is 1. The summed E-state index contributed by atoms with van der Waals surface area (Å²) in [7, 11) is 0. The lowest BCUT2D eigenvalue weighted by Gasteiger charge is -2.25. The van der Waals surface area contributed by atoms with E-state index in [1.807, 2.05) is 12.1 Å². The number of carbonyl (C=O) groups is 2. The van der Waals surface area contributed by atoms with Gasteiger partial charge in [-0.25, -0.2) is 0 Å². The average molecular weight is 492 g/mol. The molecule has 1 aliphatic heterocycles. The summed E-state index contributed by atoms with van der Waals surface area (Å²) in [5.74, 6) is -0.903. The van der Waals surface area contributed by atoms with Gasteiger partial charge in [-0.15, -0.1) is 0 Å². The number of Topliss-reactive ketones (excluding diaryl/α,β-unsaturated/α-hetero) is 1. The third-order valence-corrected chi connectivity index (χ3v) is 6.04. The molecule has 1 atom stereocenters. The molecule has 0 aliphatic carbocycles. The van der Waals surface area contributed by atoms with Gasteiger partial charge in [0.1, 0.15) is 16.5 Å². The van der Waals surface area contributed by atoms with Gasteiger partial charge in [-0.3, -0.25) is 9.59 Å². The van der Waals surface area contributed by atoms with Crippen LogP contribution >= 0.6 is 34.8 Å². The highest BCUT2D eigenvalue weighted by atomic mass is 35.5. The Kier molecular flexibility index (Phi) is 6.60. The first-order valence-electron chi connectivity index (χ1n) is 9.76. The van der Waals surface area contributed by atoms with E-state index in [9.17, 15) is 14.7 Å². The van der Waals surface area contributed by atoms with E-state index in [2.05, 4.69) is 0 Å². The van der Waals surface area contributed by atoms with E-state index >= 15 is 0 Å². The van der Waals surface area contributed by atoms with E-state index in [1.54, 1.807) is 36.4 Å². The number of carbonyl (C=O) groups excluding carboxylic acids is 1. The van der Waals surface area contributed by atoms with Crippen LogP contribution < -0.4 is 9.47 Å². The minimum atomic E-state index is -0.964. The van der Waals surface area contributed by atoms with Gasteiger partial charge in [-0.1, -0.05) is 46.9 Å². The van der Waals surface area contributed by atoms with Gasteiger partial charge in [0.15, 0.2) is 11.5 Å². The van der Waals surface area contributed by atoms with Crippen molar-refractivity contribution in [1.82, 2.24) is 0 Å². The molecule has 0 saturated heterocycles. The Morgan fingerprint density at radius 1 is 1.03 bits per heavy atom. The Bertz CT molecular complexity index is 1170. The maximum absolute atomic E-state index is 12.5. The Morgan fingerprint density at radius 3 is 2.38 bits per heavy atom. The highest BCUT2D eigenvalue weighted by molar-refractivity contribution is 6.38. The van der Waals surface area contributed by atoms with Gasteiger partial charge in [0.2, 0.25) is 0 Å². The third-order valence-electron chi connectivity index (χ3n) is 5.16. The summed E-state index contributed by atoms with van der Waals surface area (Å²) in [6.07, 6.45) is 0.586. The van der Waals surface area contributed by atoms with E-state index in [-0.39, 0.29) is 40.4 Å². The molecule has 5 nitrogen and oxygen atoms in total. The van der Waals surface area contributed by atoms with Gasteiger partial charge in [-0.2, -0.15) is 0 Å². The second-order valence-electron chi connectivity index (χ2n) is 7.30. The first kappa shape index (κ1) is 22.5. The summed E-state index contributed by atoms with van der Waals surface area (Å²) in [6, 6.07) is 15.2. The Morgan fingerprint density at radius 2 is 1.72 bits per heavy atom. The zero-order valence-corrected chi connectivity index (χ0v) is 18.9. The number of ether oxygens (including phenoxy) is 2. The maximum atomic E-state index is 12.5. The molecule has 32 heavy (non-hydrogen) atoms. The number of ketones is 1. The Labute approximate surface area is 199 Å². The molecule has 4 rings (SSSR count). The lowest BCUT2D eigenvalue weighted by atomic mass is 9.93. The van der Waals surface area contributed by atoms with Crippen molar-refractivity contribution in [2.75, 3.05) is 6.61 Å². The largest absolute Gasteiger partial charge is 0.492 e. The molecule has 0 bridgehead atoms. The zero-order chi connectivity index (χ0) is 22.8. The average Bonchev–Trinajstić information content (AvgIpc) is 2.78. The smallest absolute Gasteiger partial charge is 0.311 e. The van der Waals surface area contributed by atoms with Gasteiger partial charge in [0.05, 0.1) is 17.5 Å². The van der Waals surface area contributed by atoms with Gasteiger partial charge in [-0.05, 0) is 54.4 Å². The molecular formula is C24H17Cl3O5. The van der Waals surface area contributed by atoms with Crippen molar-refractivity contribution < 1.29 is 24.2 Å². The van der Waals surface area contributed by atoms with Crippen molar-refractivity contribution in [3.05, 3.63) is 86.4 Å². The molecule has 0 aromatic heterocycles. The number of carboxylic acids is 1. The number of benzene rings is 3. The van der Waals surface area contributed by atoms with Crippen molar-refractivity contribution in [1.29, 1.82) is 0 Å². The molecule has 1 aliphatic rings. The molecule has 0 saturated carbocycles. The number of aliphatic carboxylic acids is 1. The second-order valence-corrected chi connectivity index (χ2v) is 8.52. The minimum absolute atomic E-state index is 0.0446. The van der Waals surface area contributed by atoms with Gasteiger partial charge in [0, 0.05) is 22.6 Å². The number of halogens is 3. The molecule has 0 fully saturated rings. The first-order chi connectivity index (χ1) is 15.3. The van der Waals surface area contributed by atoms with Crippen molar-refractivity contribution in [2.24, 2.45) is 0 Å². The van der Waals surface area contributed by atoms with Crippen LogP contribution in [0.1, 0.15) is 33.8 Å². The highest BCUT2D eigenvalue weighted by Gasteiger charge is 2.32. The van der Waals surface area contributed by atoms with Crippen LogP contribution in [0.15, 0.2) is 54.6 Å². The van der Waals surface area contributed by atoms with Crippen molar-refractivity contribution in [3.8, 4) is 17.2 Å². The van der Waals surface area contributed by atoms with Crippen LogP contribution in [-0.4, -0.2) is 23.5 Å². The summed E-state index contributed by atoms with van der Waals surface area (Å²) in [5.41, 5.74) is 1.82. The van der Waals surface area contributed by atoms with Crippen LogP contribution in [0.3, 0.4) is 0 Å². The summed E-state index contributed by atoms with van der Waals surface area (Å²) >= 11 is 18.7. The Balaban J connectivity index is 1.53. The number of hydrogen-bond acceptors (Lipinski definition) is 4. The number of hydrogen-bond donors (Lipinski definition) is 1. The van der Waals surface area contributed by atoms with E-state index in [0.717, 1.165) is 5.56 Å². The quantitative estimate of drug-likeness (QED) is 0.383. The lowest BCUT2D eigenvalue weighted by Crippen LogP contribution is -2.21. The first-order valence-corrected chi connectivity index (χ1v) is 10.9. The van der Waals surface area contributed by atoms with E-state index in [1.165, 1.54) is 6.07 Å². The summed E-state index contributed by atoms with van der Waals surface area (Å²) < 4.78 is 11.4. The maximum Gasteiger partial charge on any atom is 0.311 e. The topological polar surface area (TPSA) is 72.8 Å². The molecule has 3 aromatic carbocycles. The van der Waals surface area contributed by atoms with Gasteiger partial charge in [0.25, 0.3) is 0 Å². The fourth-order valence-electron chi connectivity index (χ4n) is 3.51. The fraction of sp³-hybridized carbons (Fsp3) is 0.167. The molecule has 8 heteroatoms. The van der Waals surface area contributed by atoms with Crippen molar-refractivity contribution >= 4 is 46.6 Å². The van der Waals surface area contributed by atoms with E-state index in [0.29, 0.717) is 28.3 Å². The molecule has 1 N–H and O–H groups in total.